The van der Waals surface area contributed by atoms with E-state index < -0.39 is 0 Å². The molecule has 0 aliphatic carbocycles. The minimum Gasteiger partial charge on any atom is -0.366 e. The van der Waals surface area contributed by atoms with E-state index in [-0.39, 0.29) is 0 Å². The molecular weight excluding hydrogens is 188 g/mol. The molecule has 0 bridgehead atoms. The number of hydrogen-bond donors (Lipinski definition) is 2. The molecular formula is C11H8N4. The highest BCUT2D eigenvalue weighted by molar-refractivity contribution is 5.94. The smallest absolute Gasteiger partial charge is 0.145 e. The van der Waals surface area contributed by atoms with E-state index in [1.807, 2.05) is 18.5 Å². The fourth-order valence-electron chi connectivity index (χ4n) is 1.73. The van der Waals surface area contributed by atoms with Gasteiger partial charge < -0.3 is 4.98 Å². The quantitative estimate of drug-likeness (QED) is 0.572. The minimum absolute atomic E-state index is 0.290. The first kappa shape index (κ1) is 8.11. The minimum atomic E-state index is 0.290. The van der Waals surface area contributed by atoms with Crippen LogP contribution < -0.4 is 5.49 Å². The van der Waals surface area contributed by atoms with E-state index in [1.165, 1.54) is 0 Å². The van der Waals surface area contributed by atoms with Gasteiger partial charge in [-0.05, 0) is 12.1 Å². The van der Waals surface area contributed by atoms with Gasteiger partial charge in [0.05, 0.1) is 5.69 Å². The van der Waals surface area contributed by atoms with Crippen molar-refractivity contribution < 1.29 is 0 Å². The highest BCUT2D eigenvalue weighted by atomic mass is 14.8. The zero-order chi connectivity index (χ0) is 10.3. The molecule has 4 nitrogen and oxygen atoms in total. The molecule has 4 heteroatoms. The van der Waals surface area contributed by atoms with Crippen LogP contribution in [0.4, 0.5) is 0 Å². The van der Waals surface area contributed by atoms with Crippen molar-refractivity contribution in [2.75, 3.05) is 0 Å². The summed E-state index contributed by atoms with van der Waals surface area (Å²) < 4.78 is 0. The molecule has 0 amide bonds. The monoisotopic (exact) mass is 196 g/mol. The molecule has 0 fully saturated rings. The summed E-state index contributed by atoms with van der Waals surface area (Å²) in [5, 5.41) is 9.60. The molecule has 72 valence electrons. The average molecular weight is 196 g/mol. The first-order valence-corrected chi connectivity index (χ1v) is 4.61. The van der Waals surface area contributed by atoms with Crippen molar-refractivity contribution in [1.82, 2.24) is 15.0 Å². The standard InChI is InChI=1S/C11H8N4/c12-11-3-8-9-6-14-5-7(9)4-13-2-1-10(8)15-11/h1-6,12,14H. The van der Waals surface area contributed by atoms with Gasteiger partial charge in [0.1, 0.15) is 5.49 Å². The number of H-pyrrole nitrogens is 1. The Kier molecular flexibility index (Phi) is 1.56. The second-order valence-corrected chi connectivity index (χ2v) is 3.36. The molecule has 2 aliphatic rings. The average Bonchev–Trinajstić information content (AvgIpc) is 2.76. The molecule has 2 N–H and O–H groups in total. The summed E-state index contributed by atoms with van der Waals surface area (Å²) in [7, 11) is 0. The Morgan fingerprint density at radius 3 is 3.13 bits per heavy atom. The second kappa shape index (κ2) is 2.88. The third-order valence-electron chi connectivity index (χ3n) is 2.40. The van der Waals surface area contributed by atoms with Crippen LogP contribution in [0, 0.1) is 5.41 Å². The van der Waals surface area contributed by atoms with Crippen molar-refractivity contribution in [1.29, 1.82) is 5.41 Å². The van der Waals surface area contributed by atoms with Gasteiger partial charge >= 0.3 is 0 Å². The molecule has 0 spiro atoms. The normalized spacial score (nSPS) is 10.9. The van der Waals surface area contributed by atoms with Crippen LogP contribution in [0.3, 0.4) is 0 Å². The predicted octanol–water partition coefficient (Wildman–Crippen LogP) is 1.54. The summed E-state index contributed by atoms with van der Waals surface area (Å²) in [5.41, 5.74) is 2.08. The van der Waals surface area contributed by atoms with E-state index in [4.69, 9.17) is 5.41 Å². The van der Waals surface area contributed by atoms with Gasteiger partial charge in [-0.1, -0.05) is 0 Å². The maximum absolute atomic E-state index is 7.53. The number of aromatic nitrogens is 3. The molecule has 0 aromatic carbocycles. The second-order valence-electron chi connectivity index (χ2n) is 3.36. The van der Waals surface area contributed by atoms with Crippen LogP contribution in [0.2, 0.25) is 0 Å². The Bertz CT molecular complexity index is 656. The lowest BCUT2D eigenvalue weighted by Crippen LogP contribution is -1.93. The molecule has 3 rings (SSSR count). The fraction of sp³-hybridized carbons (Fsp3) is 0. The lowest BCUT2D eigenvalue weighted by molar-refractivity contribution is 1.15. The van der Waals surface area contributed by atoms with Crippen LogP contribution in [-0.2, 0) is 0 Å². The van der Waals surface area contributed by atoms with Gasteiger partial charge in [-0.3, -0.25) is 10.4 Å². The largest absolute Gasteiger partial charge is 0.366 e. The Morgan fingerprint density at radius 2 is 2.20 bits per heavy atom. The Labute approximate surface area is 85.5 Å². The van der Waals surface area contributed by atoms with Crippen LogP contribution in [0.5, 0.6) is 0 Å². The lowest BCUT2D eigenvalue weighted by atomic mass is 10.1. The van der Waals surface area contributed by atoms with E-state index in [0.29, 0.717) is 5.49 Å². The van der Waals surface area contributed by atoms with Gasteiger partial charge in [-0.2, -0.15) is 0 Å². The van der Waals surface area contributed by atoms with Crippen LogP contribution in [0.1, 0.15) is 0 Å². The Balaban J connectivity index is 2.59. The number of fused-ring (bicyclic) bond motifs is 3. The summed E-state index contributed by atoms with van der Waals surface area (Å²) >= 11 is 0. The number of nitrogens with zero attached hydrogens (tertiary/aromatic N) is 2. The van der Waals surface area contributed by atoms with E-state index in [9.17, 15) is 0 Å². The SMILES string of the molecule is N=c1cc2c3c[nH]cc3cnccc-2n1. The Morgan fingerprint density at radius 1 is 1.27 bits per heavy atom. The number of hydrogen-bond acceptors (Lipinski definition) is 3. The number of nitrogens with one attached hydrogen (secondary N) is 2. The van der Waals surface area contributed by atoms with Gasteiger partial charge in [0, 0.05) is 41.1 Å². The molecule has 0 radical (unpaired) electrons. The predicted molar refractivity (Wildman–Crippen MR) is 56.4 cm³/mol. The van der Waals surface area contributed by atoms with Crippen molar-refractivity contribution in [3.05, 3.63) is 42.4 Å². The highest BCUT2D eigenvalue weighted by Crippen LogP contribution is 2.24. The summed E-state index contributed by atoms with van der Waals surface area (Å²) in [4.78, 5) is 11.3. The maximum atomic E-state index is 7.53. The maximum Gasteiger partial charge on any atom is 0.145 e. The summed E-state index contributed by atoms with van der Waals surface area (Å²) in [6.07, 6.45) is 7.28. The molecule has 0 atom stereocenters. The first-order valence-electron chi connectivity index (χ1n) is 4.61. The van der Waals surface area contributed by atoms with E-state index in [2.05, 4.69) is 15.0 Å². The molecule has 0 saturated heterocycles. The van der Waals surface area contributed by atoms with Gasteiger partial charge in [0.25, 0.3) is 0 Å². The van der Waals surface area contributed by atoms with Crippen molar-refractivity contribution >= 4 is 10.8 Å². The summed E-state index contributed by atoms with van der Waals surface area (Å²) in [5.74, 6) is 0. The highest BCUT2D eigenvalue weighted by Gasteiger charge is 2.07. The molecule has 1 aromatic rings. The van der Waals surface area contributed by atoms with Gasteiger partial charge in [-0.25, -0.2) is 4.98 Å². The van der Waals surface area contributed by atoms with Crippen molar-refractivity contribution in [3.8, 4) is 11.3 Å². The lowest BCUT2D eigenvalue weighted by Gasteiger charge is -1.93. The van der Waals surface area contributed by atoms with Crippen LogP contribution in [-0.4, -0.2) is 15.0 Å². The van der Waals surface area contributed by atoms with E-state index in [1.54, 1.807) is 18.5 Å². The first-order chi connectivity index (χ1) is 7.34. The fourth-order valence-corrected chi connectivity index (χ4v) is 1.73. The van der Waals surface area contributed by atoms with Crippen LogP contribution in [0.15, 0.2) is 36.9 Å². The topological polar surface area (TPSA) is 65.4 Å². The van der Waals surface area contributed by atoms with Crippen molar-refractivity contribution in [2.24, 2.45) is 0 Å². The van der Waals surface area contributed by atoms with Crippen molar-refractivity contribution in [3.63, 3.8) is 0 Å². The van der Waals surface area contributed by atoms with E-state index in [0.717, 1.165) is 22.0 Å². The van der Waals surface area contributed by atoms with Crippen molar-refractivity contribution in [2.45, 2.75) is 0 Å². The van der Waals surface area contributed by atoms with Gasteiger partial charge in [0.15, 0.2) is 0 Å². The van der Waals surface area contributed by atoms with E-state index >= 15 is 0 Å². The molecule has 0 unspecified atom stereocenters. The molecule has 3 heterocycles. The summed E-state index contributed by atoms with van der Waals surface area (Å²) in [6.45, 7) is 0. The molecule has 2 aliphatic heterocycles. The van der Waals surface area contributed by atoms with Crippen LogP contribution >= 0.6 is 0 Å². The molecule has 0 saturated carbocycles. The zero-order valence-corrected chi connectivity index (χ0v) is 7.86. The van der Waals surface area contributed by atoms with Gasteiger partial charge in [0.2, 0.25) is 0 Å². The number of aromatic amines is 1. The van der Waals surface area contributed by atoms with Gasteiger partial charge in [-0.15, -0.1) is 0 Å². The van der Waals surface area contributed by atoms with Crippen LogP contribution in [0.25, 0.3) is 22.0 Å². The third-order valence-corrected chi connectivity index (χ3v) is 2.40. The molecule has 1 aromatic heterocycles. The zero-order valence-electron chi connectivity index (χ0n) is 7.86. The summed E-state index contributed by atoms with van der Waals surface area (Å²) in [6, 6.07) is 3.59. The Hall–Kier alpha value is -2.23. The number of rotatable bonds is 0. The third kappa shape index (κ3) is 1.19. The molecule has 15 heavy (non-hydrogen) atoms.